The van der Waals surface area contributed by atoms with Crippen LogP contribution in [0.25, 0.3) is 0 Å². The van der Waals surface area contributed by atoms with Crippen molar-refractivity contribution < 1.29 is 13.2 Å². The number of sulfonamides is 1. The number of benzene rings is 1. The van der Waals surface area contributed by atoms with Gasteiger partial charge in [0.25, 0.3) is 0 Å². The summed E-state index contributed by atoms with van der Waals surface area (Å²) in [6.07, 6.45) is 1.67. The monoisotopic (exact) mass is 331 g/mol. The molecular weight excluding hydrogens is 314 g/mol. The molecule has 1 amide bonds. The van der Waals surface area contributed by atoms with Crippen molar-refractivity contribution in [3.8, 4) is 0 Å². The Balaban J connectivity index is 2.24. The summed E-state index contributed by atoms with van der Waals surface area (Å²) in [5.74, 6) is -0.192. The van der Waals surface area contributed by atoms with Gasteiger partial charge in [0.15, 0.2) is 0 Å². The van der Waals surface area contributed by atoms with E-state index in [9.17, 15) is 13.2 Å². The van der Waals surface area contributed by atoms with E-state index in [-0.39, 0.29) is 21.5 Å². The number of carbonyl (C=O) groups excluding carboxylic acids is 1. The summed E-state index contributed by atoms with van der Waals surface area (Å²) in [6, 6.07) is 3.98. The van der Waals surface area contributed by atoms with Gasteiger partial charge in [-0.3, -0.25) is 4.79 Å². The molecule has 0 aromatic heterocycles. The summed E-state index contributed by atoms with van der Waals surface area (Å²) in [6.45, 7) is 3.34. The van der Waals surface area contributed by atoms with Crippen molar-refractivity contribution in [3.05, 3.63) is 23.2 Å². The molecule has 1 aliphatic heterocycles. The maximum Gasteiger partial charge on any atom is 0.238 e. The highest BCUT2D eigenvalue weighted by molar-refractivity contribution is 7.89. The number of hydrogen-bond acceptors (Lipinski definition) is 4. The molecule has 1 aromatic rings. The van der Waals surface area contributed by atoms with E-state index < -0.39 is 15.4 Å². The number of anilines is 1. The number of halogens is 1. The molecule has 6 nitrogen and oxygen atoms in total. The molecule has 0 aliphatic carbocycles. The number of rotatable bonds is 3. The third-order valence-corrected chi connectivity index (χ3v) is 4.90. The molecule has 8 heteroatoms. The van der Waals surface area contributed by atoms with Crippen LogP contribution in [0.3, 0.4) is 0 Å². The van der Waals surface area contributed by atoms with Crippen LogP contribution in [0.1, 0.15) is 19.8 Å². The molecule has 0 spiro atoms. The molecule has 4 N–H and O–H groups in total. The van der Waals surface area contributed by atoms with Crippen molar-refractivity contribution in [1.82, 2.24) is 5.32 Å². The predicted molar refractivity (Wildman–Crippen MR) is 81.7 cm³/mol. The van der Waals surface area contributed by atoms with Gasteiger partial charge in [0.2, 0.25) is 15.9 Å². The van der Waals surface area contributed by atoms with Crippen molar-refractivity contribution in [3.63, 3.8) is 0 Å². The van der Waals surface area contributed by atoms with E-state index in [1.54, 1.807) is 0 Å². The molecule has 0 bridgehead atoms. The normalized spacial score (nSPS) is 22.8. The van der Waals surface area contributed by atoms with E-state index in [2.05, 4.69) is 10.6 Å². The van der Waals surface area contributed by atoms with Crippen molar-refractivity contribution in [2.24, 2.45) is 10.6 Å². The second-order valence-electron chi connectivity index (χ2n) is 5.48. The van der Waals surface area contributed by atoms with Crippen LogP contribution < -0.4 is 15.8 Å². The molecule has 1 aromatic carbocycles. The number of primary sulfonamides is 1. The fourth-order valence-electron chi connectivity index (χ4n) is 2.30. The van der Waals surface area contributed by atoms with Crippen LogP contribution in [0, 0.1) is 5.41 Å². The van der Waals surface area contributed by atoms with Gasteiger partial charge >= 0.3 is 0 Å². The molecular formula is C13H18ClN3O3S. The fourth-order valence-corrected chi connectivity index (χ4v) is 3.01. The molecule has 1 saturated heterocycles. The predicted octanol–water partition coefficient (Wildman–Crippen LogP) is 1.32. The van der Waals surface area contributed by atoms with Crippen molar-refractivity contribution >= 4 is 33.2 Å². The lowest BCUT2D eigenvalue weighted by atomic mass is 9.82. The zero-order valence-corrected chi connectivity index (χ0v) is 13.2. The van der Waals surface area contributed by atoms with Crippen LogP contribution in [0.2, 0.25) is 5.02 Å². The van der Waals surface area contributed by atoms with Crippen LogP contribution in [-0.2, 0) is 14.8 Å². The third-order valence-electron chi connectivity index (χ3n) is 3.66. The van der Waals surface area contributed by atoms with Crippen LogP contribution in [0.5, 0.6) is 0 Å². The Kier molecular flexibility index (Phi) is 4.57. The highest BCUT2D eigenvalue weighted by Gasteiger charge is 2.34. The highest BCUT2D eigenvalue weighted by Crippen LogP contribution is 2.30. The summed E-state index contributed by atoms with van der Waals surface area (Å²) in [5.41, 5.74) is -0.292. The third kappa shape index (κ3) is 3.74. The van der Waals surface area contributed by atoms with Gasteiger partial charge in [0, 0.05) is 6.54 Å². The summed E-state index contributed by atoms with van der Waals surface area (Å²) >= 11 is 6.01. The van der Waals surface area contributed by atoms with Crippen LogP contribution >= 0.6 is 11.6 Å². The van der Waals surface area contributed by atoms with Crippen molar-refractivity contribution in [2.45, 2.75) is 24.7 Å². The average molecular weight is 332 g/mol. The average Bonchev–Trinajstić information content (AvgIpc) is 2.40. The maximum absolute atomic E-state index is 12.4. The van der Waals surface area contributed by atoms with Gasteiger partial charge in [0.05, 0.1) is 21.0 Å². The molecule has 1 atom stereocenters. The first-order chi connectivity index (χ1) is 9.72. The topological polar surface area (TPSA) is 101 Å². The Morgan fingerprint density at radius 2 is 2.19 bits per heavy atom. The van der Waals surface area contributed by atoms with Crippen molar-refractivity contribution in [1.29, 1.82) is 0 Å². The van der Waals surface area contributed by atoms with Gasteiger partial charge in [-0.25, -0.2) is 13.6 Å². The van der Waals surface area contributed by atoms with E-state index in [0.29, 0.717) is 6.54 Å². The lowest BCUT2D eigenvalue weighted by Crippen LogP contribution is -2.46. The number of hydrogen-bond donors (Lipinski definition) is 3. The van der Waals surface area contributed by atoms with Gasteiger partial charge in [-0.15, -0.1) is 0 Å². The Morgan fingerprint density at radius 1 is 1.48 bits per heavy atom. The Morgan fingerprint density at radius 3 is 2.76 bits per heavy atom. The quantitative estimate of drug-likeness (QED) is 0.777. The first-order valence-corrected chi connectivity index (χ1v) is 8.49. The molecule has 1 aliphatic rings. The van der Waals surface area contributed by atoms with Gasteiger partial charge in [-0.2, -0.15) is 0 Å². The number of nitrogens with one attached hydrogen (secondary N) is 2. The largest absolute Gasteiger partial charge is 0.324 e. The summed E-state index contributed by atoms with van der Waals surface area (Å²) in [7, 11) is -3.84. The van der Waals surface area contributed by atoms with E-state index in [0.717, 1.165) is 19.4 Å². The Hall–Kier alpha value is -1.15. The summed E-state index contributed by atoms with van der Waals surface area (Å²) in [4.78, 5) is 12.3. The lowest BCUT2D eigenvalue weighted by molar-refractivity contribution is -0.125. The van der Waals surface area contributed by atoms with Crippen LogP contribution in [-0.4, -0.2) is 27.4 Å². The minimum absolute atomic E-state index is 0.0888. The molecule has 2 rings (SSSR count). The molecule has 1 fully saturated rings. The summed E-state index contributed by atoms with van der Waals surface area (Å²) in [5, 5.41) is 11.2. The SMILES string of the molecule is CC1(C(=O)Nc2cc(S(N)(=O)=O)ccc2Cl)CCCNC1. The zero-order chi connectivity index (χ0) is 15.7. The fraction of sp³-hybridized carbons (Fsp3) is 0.462. The molecule has 0 saturated carbocycles. The van der Waals surface area contributed by atoms with E-state index in [1.165, 1.54) is 18.2 Å². The summed E-state index contributed by atoms with van der Waals surface area (Å²) < 4.78 is 22.7. The first kappa shape index (κ1) is 16.2. The number of amides is 1. The highest BCUT2D eigenvalue weighted by atomic mass is 35.5. The Labute approximate surface area is 129 Å². The first-order valence-electron chi connectivity index (χ1n) is 6.57. The minimum atomic E-state index is -3.84. The standard InChI is InChI=1S/C13H18ClN3O3S/c1-13(5-2-6-16-8-13)12(18)17-11-7-9(21(15,19)20)3-4-10(11)14/h3-4,7,16H,2,5-6,8H2,1H3,(H,17,18)(H2,15,19,20). The Bertz CT molecular complexity index is 655. The molecule has 116 valence electrons. The van der Waals surface area contributed by atoms with Gasteiger partial charge in [0.1, 0.15) is 0 Å². The van der Waals surface area contributed by atoms with Crippen molar-refractivity contribution in [2.75, 3.05) is 18.4 Å². The molecule has 1 heterocycles. The number of piperidine rings is 1. The van der Waals surface area contributed by atoms with Crippen LogP contribution in [0.15, 0.2) is 23.1 Å². The van der Waals surface area contributed by atoms with E-state index >= 15 is 0 Å². The lowest BCUT2D eigenvalue weighted by Gasteiger charge is -2.32. The number of carbonyl (C=O) groups is 1. The zero-order valence-electron chi connectivity index (χ0n) is 11.6. The molecule has 21 heavy (non-hydrogen) atoms. The molecule has 1 unspecified atom stereocenters. The molecule has 0 radical (unpaired) electrons. The van der Waals surface area contributed by atoms with Gasteiger partial charge in [-0.1, -0.05) is 11.6 Å². The van der Waals surface area contributed by atoms with Gasteiger partial charge < -0.3 is 10.6 Å². The second-order valence-corrected chi connectivity index (χ2v) is 7.45. The van der Waals surface area contributed by atoms with E-state index in [4.69, 9.17) is 16.7 Å². The maximum atomic E-state index is 12.4. The second kappa shape index (κ2) is 5.92. The minimum Gasteiger partial charge on any atom is -0.324 e. The van der Waals surface area contributed by atoms with Crippen LogP contribution in [0.4, 0.5) is 5.69 Å². The van der Waals surface area contributed by atoms with Gasteiger partial charge in [-0.05, 0) is 44.5 Å². The smallest absolute Gasteiger partial charge is 0.238 e. The number of nitrogens with two attached hydrogens (primary N) is 1. The van der Waals surface area contributed by atoms with E-state index in [1.807, 2.05) is 6.92 Å².